The van der Waals surface area contributed by atoms with Gasteiger partial charge in [-0.2, -0.15) is 0 Å². The second-order valence-corrected chi connectivity index (χ2v) is 10.8. The van der Waals surface area contributed by atoms with Crippen molar-refractivity contribution in [1.82, 2.24) is 15.2 Å². The van der Waals surface area contributed by atoms with Gasteiger partial charge in [-0.1, -0.05) is 44.2 Å². The van der Waals surface area contributed by atoms with Crippen molar-refractivity contribution in [3.05, 3.63) is 70.6 Å². The number of amides is 1. The summed E-state index contributed by atoms with van der Waals surface area (Å²) in [6, 6.07) is 10.1. The largest absolute Gasteiger partial charge is 0.449 e. The Kier molecular flexibility index (Phi) is 5.37. The molecule has 3 aliphatic heterocycles. The molecule has 1 aromatic heterocycles. The molecule has 2 aromatic rings. The monoisotopic (exact) mass is 485 g/mol. The molecule has 0 radical (unpaired) electrons. The van der Waals surface area contributed by atoms with E-state index in [1.54, 1.807) is 6.20 Å². The SMILES string of the molecule is CC(C)C(=O)N1CC=C(c2ccc(C3(C(=O)c4nccc5c4C(=O)OC54CCNC4)CC3)cc2)CC1. The summed E-state index contributed by atoms with van der Waals surface area (Å²) in [4.78, 5) is 45.3. The number of aromatic nitrogens is 1. The number of pyridine rings is 1. The number of fused-ring (bicyclic) bond motifs is 2. The van der Waals surface area contributed by atoms with Crippen molar-refractivity contribution in [3.8, 4) is 0 Å². The van der Waals surface area contributed by atoms with Crippen molar-refractivity contribution >= 4 is 23.2 Å². The predicted molar refractivity (Wildman–Crippen MR) is 135 cm³/mol. The van der Waals surface area contributed by atoms with E-state index in [-0.39, 0.29) is 23.3 Å². The number of carbonyl (C=O) groups excluding carboxylic acids is 3. The van der Waals surface area contributed by atoms with Crippen molar-refractivity contribution in [2.24, 2.45) is 5.92 Å². The van der Waals surface area contributed by atoms with Crippen LogP contribution in [0.3, 0.4) is 0 Å². The standard InChI is InChI=1S/C29H31N3O4/c1-18(2)26(34)32-15-8-20(9-16-32)19-3-5-21(6-4-19)28(10-11-28)25(33)24-23-22(7-13-31-24)29(36-27(23)35)12-14-30-17-29/h3-8,13,18,30H,9-12,14-17H2,1-2H3. The van der Waals surface area contributed by atoms with E-state index >= 15 is 0 Å². The molecular weight excluding hydrogens is 454 g/mol. The van der Waals surface area contributed by atoms with Crippen LogP contribution in [0.2, 0.25) is 0 Å². The third kappa shape index (κ3) is 3.52. The Balaban J connectivity index is 1.25. The zero-order valence-electron chi connectivity index (χ0n) is 20.8. The molecular formula is C29H31N3O4. The van der Waals surface area contributed by atoms with Crippen molar-refractivity contribution in [1.29, 1.82) is 0 Å². The van der Waals surface area contributed by atoms with Gasteiger partial charge in [0, 0.05) is 43.7 Å². The molecule has 7 nitrogen and oxygen atoms in total. The average Bonchev–Trinajstić information content (AvgIpc) is 3.50. The summed E-state index contributed by atoms with van der Waals surface area (Å²) < 4.78 is 5.80. The van der Waals surface area contributed by atoms with Crippen molar-refractivity contribution < 1.29 is 19.1 Å². The number of esters is 1. The first-order chi connectivity index (χ1) is 17.3. The Labute approximate surface area is 210 Å². The molecule has 1 saturated heterocycles. The number of hydrogen-bond donors (Lipinski definition) is 1. The Morgan fingerprint density at radius 1 is 1.11 bits per heavy atom. The van der Waals surface area contributed by atoms with Crippen LogP contribution >= 0.6 is 0 Å². The highest BCUT2D eigenvalue weighted by Crippen LogP contribution is 2.52. The lowest BCUT2D eigenvalue weighted by Crippen LogP contribution is -2.37. The van der Waals surface area contributed by atoms with Gasteiger partial charge in [0.25, 0.3) is 0 Å². The first kappa shape index (κ1) is 23.1. The smallest absolute Gasteiger partial charge is 0.341 e. The van der Waals surface area contributed by atoms with Crippen LogP contribution in [0.4, 0.5) is 0 Å². The summed E-state index contributed by atoms with van der Waals surface area (Å²) in [5, 5.41) is 3.27. The number of carbonyl (C=O) groups is 3. The molecule has 6 rings (SSSR count). The number of nitrogens with zero attached hydrogens (tertiary/aromatic N) is 2. The highest BCUT2D eigenvalue weighted by molar-refractivity contribution is 6.12. The summed E-state index contributed by atoms with van der Waals surface area (Å²) in [6.45, 7) is 6.56. The average molecular weight is 486 g/mol. The van der Waals surface area contributed by atoms with Crippen molar-refractivity contribution in [2.75, 3.05) is 26.2 Å². The molecule has 36 heavy (non-hydrogen) atoms. The zero-order chi connectivity index (χ0) is 25.1. The molecule has 7 heteroatoms. The molecule has 1 aliphatic carbocycles. The van der Waals surface area contributed by atoms with E-state index in [1.165, 1.54) is 5.57 Å². The quantitative estimate of drug-likeness (QED) is 0.514. The molecule has 4 aliphatic rings. The normalized spacial score (nSPS) is 24.0. The van der Waals surface area contributed by atoms with Gasteiger partial charge in [0.05, 0.1) is 11.0 Å². The lowest BCUT2D eigenvalue weighted by molar-refractivity contribution is -0.134. The van der Waals surface area contributed by atoms with Crippen molar-refractivity contribution in [2.45, 2.75) is 50.5 Å². The van der Waals surface area contributed by atoms with Gasteiger partial charge in [-0.3, -0.25) is 14.6 Å². The van der Waals surface area contributed by atoms with Gasteiger partial charge in [0.1, 0.15) is 5.69 Å². The van der Waals surface area contributed by atoms with Gasteiger partial charge >= 0.3 is 5.97 Å². The fourth-order valence-electron chi connectivity index (χ4n) is 5.99. The molecule has 4 heterocycles. The lowest BCUT2D eigenvalue weighted by Gasteiger charge is -2.28. The van der Waals surface area contributed by atoms with E-state index in [2.05, 4.69) is 28.5 Å². The molecule has 1 atom stereocenters. The summed E-state index contributed by atoms with van der Waals surface area (Å²) in [7, 11) is 0. The van der Waals surface area contributed by atoms with Crippen LogP contribution in [-0.2, 0) is 20.5 Å². The maximum Gasteiger partial charge on any atom is 0.341 e. The third-order valence-electron chi connectivity index (χ3n) is 8.27. The second kappa shape index (κ2) is 8.37. The molecule has 1 N–H and O–H groups in total. The van der Waals surface area contributed by atoms with E-state index in [0.29, 0.717) is 25.1 Å². The molecule has 1 amide bonds. The minimum Gasteiger partial charge on any atom is -0.449 e. The molecule has 1 unspecified atom stereocenters. The van der Waals surface area contributed by atoms with Gasteiger partial charge in [-0.15, -0.1) is 0 Å². The van der Waals surface area contributed by atoms with Crippen LogP contribution in [0.5, 0.6) is 0 Å². The Bertz CT molecular complexity index is 1280. The molecule has 2 fully saturated rings. The van der Waals surface area contributed by atoms with Crippen LogP contribution in [-0.4, -0.2) is 53.7 Å². The van der Waals surface area contributed by atoms with Crippen LogP contribution < -0.4 is 5.32 Å². The van der Waals surface area contributed by atoms with Crippen LogP contribution in [0.15, 0.2) is 42.6 Å². The molecule has 1 spiro atoms. The predicted octanol–water partition coefficient (Wildman–Crippen LogP) is 3.63. The first-order valence-corrected chi connectivity index (χ1v) is 12.9. The Morgan fingerprint density at radius 3 is 2.50 bits per heavy atom. The fourth-order valence-corrected chi connectivity index (χ4v) is 5.99. The number of ether oxygens (including phenoxy) is 1. The van der Waals surface area contributed by atoms with Gasteiger partial charge in [-0.25, -0.2) is 4.79 Å². The van der Waals surface area contributed by atoms with E-state index in [0.717, 1.165) is 49.0 Å². The number of Topliss-reactive ketones (excluding diaryl/α,β-unsaturated/α-hetero) is 1. The van der Waals surface area contributed by atoms with Gasteiger partial charge < -0.3 is 15.0 Å². The second-order valence-electron chi connectivity index (χ2n) is 10.8. The molecule has 186 valence electrons. The Hall–Kier alpha value is -3.32. The van der Waals surface area contributed by atoms with Gasteiger partial charge in [-0.05, 0) is 48.6 Å². The van der Waals surface area contributed by atoms with E-state index in [4.69, 9.17) is 4.74 Å². The lowest BCUT2D eigenvalue weighted by atomic mass is 9.84. The number of hydrogen-bond acceptors (Lipinski definition) is 6. The van der Waals surface area contributed by atoms with Crippen LogP contribution in [0, 0.1) is 5.92 Å². The van der Waals surface area contributed by atoms with Gasteiger partial charge in [0.2, 0.25) is 5.91 Å². The maximum atomic E-state index is 13.8. The summed E-state index contributed by atoms with van der Waals surface area (Å²) in [5.41, 5.74) is 3.39. The highest BCUT2D eigenvalue weighted by Gasteiger charge is 2.55. The third-order valence-corrected chi connectivity index (χ3v) is 8.27. The summed E-state index contributed by atoms with van der Waals surface area (Å²) >= 11 is 0. The number of rotatable bonds is 5. The Morgan fingerprint density at radius 2 is 1.89 bits per heavy atom. The topological polar surface area (TPSA) is 88.6 Å². The van der Waals surface area contributed by atoms with Gasteiger partial charge in [0.15, 0.2) is 11.4 Å². The van der Waals surface area contributed by atoms with E-state index in [1.807, 2.05) is 36.9 Å². The van der Waals surface area contributed by atoms with E-state index in [9.17, 15) is 14.4 Å². The van der Waals surface area contributed by atoms with Crippen molar-refractivity contribution in [3.63, 3.8) is 0 Å². The molecule has 1 saturated carbocycles. The fraction of sp³-hybridized carbons (Fsp3) is 0.448. The zero-order valence-corrected chi connectivity index (χ0v) is 20.8. The molecule has 1 aromatic carbocycles. The minimum absolute atomic E-state index is 0.00839. The molecule has 0 bridgehead atoms. The highest BCUT2D eigenvalue weighted by atomic mass is 16.6. The van der Waals surface area contributed by atoms with Crippen LogP contribution in [0.25, 0.3) is 5.57 Å². The summed E-state index contributed by atoms with van der Waals surface area (Å²) in [5.74, 6) is -0.332. The summed E-state index contributed by atoms with van der Waals surface area (Å²) in [6.07, 6.45) is 6.78. The minimum atomic E-state index is -0.675. The van der Waals surface area contributed by atoms with E-state index < -0.39 is 17.0 Å². The van der Waals surface area contributed by atoms with Crippen LogP contribution in [0.1, 0.15) is 77.1 Å². The number of ketones is 1. The number of benzene rings is 1. The number of nitrogens with one attached hydrogen (secondary N) is 1. The maximum absolute atomic E-state index is 13.8. The first-order valence-electron chi connectivity index (χ1n) is 12.9.